The number of hydrogen-bond acceptors (Lipinski definition) is 2. The zero-order valence-corrected chi connectivity index (χ0v) is 8.92. The van der Waals surface area contributed by atoms with E-state index in [2.05, 4.69) is 5.32 Å². The lowest BCUT2D eigenvalue weighted by atomic mass is 9.90. The highest BCUT2D eigenvalue weighted by atomic mass is 19.1. The molecule has 3 heteroatoms. The predicted molar refractivity (Wildman–Crippen MR) is 57.8 cm³/mol. The van der Waals surface area contributed by atoms with Crippen molar-refractivity contribution in [2.75, 3.05) is 20.2 Å². The molecule has 1 saturated heterocycles. The smallest absolute Gasteiger partial charge is 0.130 e. The maximum absolute atomic E-state index is 13.7. The van der Waals surface area contributed by atoms with Crippen LogP contribution in [-0.2, 0) is 0 Å². The van der Waals surface area contributed by atoms with Gasteiger partial charge in [0, 0.05) is 18.0 Å². The van der Waals surface area contributed by atoms with Gasteiger partial charge in [-0.05, 0) is 31.5 Å². The molecule has 0 saturated carbocycles. The van der Waals surface area contributed by atoms with Crippen molar-refractivity contribution in [3.8, 4) is 5.75 Å². The Balaban J connectivity index is 2.31. The van der Waals surface area contributed by atoms with Crippen LogP contribution in [0.1, 0.15) is 24.3 Å². The van der Waals surface area contributed by atoms with E-state index in [9.17, 15) is 4.39 Å². The average molecular weight is 209 g/mol. The average Bonchev–Trinajstić information content (AvgIpc) is 2.29. The molecule has 82 valence electrons. The summed E-state index contributed by atoms with van der Waals surface area (Å²) in [6, 6.07) is 5.02. The number of hydrogen-bond donors (Lipinski definition) is 1. The maximum Gasteiger partial charge on any atom is 0.130 e. The van der Waals surface area contributed by atoms with Gasteiger partial charge in [0.05, 0.1) is 7.11 Å². The first-order valence-corrected chi connectivity index (χ1v) is 5.36. The van der Waals surface area contributed by atoms with Gasteiger partial charge in [-0.1, -0.05) is 6.07 Å². The Bertz CT molecular complexity index is 334. The number of rotatable bonds is 2. The highest BCUT2D eigenvalue weighted by Crippen LogP contribution is 2.32. The molecule has 2 nitrogen and oxygen atoms in total. The summed E-state index contributed by atoms with van der Waals surface area (Å²) < 4.78 is 18.9. The molecule has 0 bridgehead atoms. The van der Waals surface area contributed by atoms with Gasteiger partial charge >= 0.3 is 0 Å². The summed E-state index contributed by atoms with van der Waals surface area (Å²) in [6.45, 7) is 1.88. The minimum atomic E-state index is -0.150. The van der Waals surface area contributed by atoms with Crippen LogP contribution in [0.4, 0.5) is 4.39 Å². The first-order valence-electron chi connectivity index (χ1n) is 5.36. The number of ether oxygens (including phenoxy) is 1. The third kappa shape index (κ3) is 2.12. The van der Waals surface area contributed by atoms with E-state index in [0.29, 0.717) is 5.75 Å². The first kappa shape index (κ1) is 10.4. The van der Waals surface area contributed by atoms with Crippen molar-refractivity contribution in [1.82, 2.24) is 5.32 Å². The third-order valence-corrected chi connectivity index (χ3v) is 2.94. The van der Waals surface area contributed by atoms with E-state index >= 15 is 0 Å². The van der Waals surface area contributed by atoms with E-state index in [-0.39, 0.29) is 11.7 Å². The molecule has 1 heterocycles. The van der Waals surface area contributed by atoms with Gasteiger partial charge in [0.1, 0.15) is 11.6 Å². The van der Waals surface area contributed by atoms with Crippen LogP contribution in [-0.4, -0.2) is 20.2 Å². The summed E-state index contributed by atoms with van der Waals surface area (Å²) in [4.78, 5) is 0. The van der Waals surface area contributed by atoms with Crippen molar-refractivity contribution in [1.29, 1.82) is 0 Å². The minimum Gasteiger partial charge on any atom is -0.496 e. The molecule has 1 atom stereocenters. The van der Waals surface area contributed by atoms with Crippen LogP contribution in [0.2, 0.25) is 0 Å². The van der Waals surface area contributed by atoms with Gasteiger partial charge in [0.15, 0.2) is 0 Å². The van der Waals surface area contributed by atoms with Crippen LogP contribution in [0.3, 0.4) is 0 Å². The standard InChI is InChI=1S/C12H16FNO/c1-15-11-6-2-5-10(13)12(11)9-4-3-7-14-8-9/h2,5-6,9,14H,3-4,7-8H2,1H3. The first-order chi connectivity index (χ1) is 7.33. The summed E-state index contributed by atoms with van der Waals surface area (Å²) in [5.41, 5.74) is 0.729. The monoisotopic (exact) mass is 209 g/mol. The molecule has 1 aromatic carbocycles. The maximum atomic E-state index is 13.7. The van der Waals surface area contributed by atoms with Crippen LogP contribution in [0, 0.1) is 5.82 Å². The zero-order chi connectivity index (χ0) is 10.7. The van der Waals surface area contributed by atoms with Crippen molar-refractivity contribution in [3.63, 3.8) is 0 Å². The second-order valence-corrected chi connectivity index (χ2v) is 3.90. The van der Waals surface area contributed by atoms with Gasteiger partial charge in [-0.2, -0.15) is 0 Å². The summed E-state index contributed by atoms with van der Waals surface area (Å²) in [5.74, 6) is 0.765. The Morgan fingerprint density at radius 3 is 3.00 bits per heavy atom. The highest BCUT2D eigenvalue weighted by Gasteiger charge is 2.21. The number of piperidine rings is 1. The van der Waals surface area contributed by atoms with E-state index in [1.807, 2.05) is 6.07 Å². The molecule has 1 fully saturated rings. The number of halogens is 1. The fraction of sp³-hybridized carbons (Fsp3) is 0.500. The van der Waals surface area contributed by atoms with Crippen LogP contribution >= 0.6 is 0 Å². The number of methoxy groups -OCH3 is 1. The van der Waals surface area contributed by atoms with Gasteiger partial charge in [0.2, 0.25) is 0 Å². The van der Waals surface area contributed by atoms with Crippen LogP contribution in [0.25, 0.3) is 0 Å². The Labute approximate surface area is 89.4 Å². The molecule has 1 aromatic rings. The largest absolute Gasteiger partial charge is 0.496 e. The molecular weight excluding hydrogens is 193 g/mol. The Kier molecular flexibility index (Phi) is 3.21. The highest BCUT2D eigenvalue weighted by molar-refractivity contribution is 5.38. The van der Waals surface area contributed by atoms with Crippen molar-refractivity contribution in [2.45, 2.75) is 18.8 Å². The molecule has 1 aliphatic rings. The predicted octanol–water partition coefficient (Wildman–Crippen LogP) is 2.30. The van der Waals surface area contributed by atoms with E-state index in [1.54, 1.807) is 13.2 Å². The minimum absolute atomic E-state index is 0.150. The molecule has 15 heavy (non-hydrogen) atoms. The molecule has 0 radical (unpaired) electrons. The lowest BCUT2D eigenvalue weighted by molar-refractivity contribution is 0.382. The third-order valence-electron chi connectivity index (χ3n) is 2.94. The van der Waals surface area contributed by atoms with Crippen molar-refractivity contribution in [2.24, 2.45) is 0 Å². The SMILES string of the molecule is COc1cccc(F)c1C1CCCNC1. The van der Waals surface area contributed by atoms with Crippen molar-refractivity contribution < 1.29 is 9.13 Å². The molecule has 0 spiro atoms. The van der Waals surface area contributed by atoms with Crippen molar-refractivity contribution in [3.05, 3.63) is 29.6 Å². The topological polar surface area (TPSA) is 21.3 Å². The van der Waals surface area contributed by atoms with Crippen LogP contribution in [0.15, 0.2) is 18.2 Å². The second kappa shape index (κ2) is 4.62. The fourth-order valence-corrected chi connectivity index (χ4v) is 2.19. The lowest BCUT2D eigenvalue weighted by Gasteiger charge is -2.24. The summed E-state index contributed by atoms with van der Waals surface area (Å²) in [5, 5.41) is 3.29. The Hall–Kier alpha value is -1.09. The van der Waals surface area contributed by atoms with Gasteiger partial charge < -0.3 is 10.1 Å². The normalized spacial score (nSPS) is 21.3. The summed E-state index contributed by atoms with van der Waals surface area (Å²) in [7, 11) is 1.59. The quantitative estimate of drug-likeness (QED) is 0.807. The molecular formula is C12H16FNO. The zero-order valence-electron chi connectivity index (χ0n) is 8.92. The molecule has 1 N–H and O–H groups in total. The second-order valence-electron chi connectivity index (χ2n) is 3.90. The molecule has 0 amide bonds. The summed E-state index contributed by atoms with van der Waals surface area (Å²) in [6.07, 6.45) is 2.13. The molecule has 1 aliphatic heterocycles. The van der Waals surface area contributed by atoms with Crippen molar-refractivity contribution >= 4 is 0 Å². The van der Waals surface area contributed by atoms with E-state index in [1.165, 1.54) is 6.07 Å². The Morgan fingerprint density at radius 1 is 1.47 bits per heavy atom. The van der Waals surface area contributed by atoms with Crippen LogP contribution in [0.5, 0.6) is 5.75 Å². The number of nitrogens with one attached hydrogen (secondary N) is 1. The molecule has 2 rings (SSSR count). The molecule has 0 aromatic heterocycles. The van der Waals surface area contributed by atoms with E-state index < -0.39 is 0 Å². The van der Waals surface area contributed by atoms with E-state index in [0.717, 1.165) is 31.5 Å². The number of benzene rings is 1. The van der Waals surface area contributed by atoms with Crippen LogP contribution < -0.4 is 10.1 Å². The summed E-state index contributed by atoms with van der Waals surface area (Å²) >= 11 is 0. The molecule has 1 unspecified atom stereocenters. The Morgan fingerprint density at radius 2 is 2.33 bits per heavy atom. The van der Waals surface area contributed by atoms with Gasteiger partial charge in [0.25, 0.3) is 0 Å². The lowest BCUT2D eigenvalue weighted by Crippen LogP contribution is -2.29. The van der Waals surface area contributed by atoms with E-state index in [4.69, 9.17) is 4.74 Å². The molecule has 0 aliphatic carbocycles. The van der Waals surface area contributed by atoms with Gasteiger partial charge in [-0.25, -0.2) is 4.39 Å². The van der Waals surface area contributed by atoms with Gasteiger partial charge in [-0.3, -0.25) is 0 Å². The van der Waals surface area contributed by atoms with Gasteiger partial charge in [-0.15, -0.1) is 0 Å². The fourth-order valence-electron chi connectivity index (χ4n) is 2.19.